The molecule has 0 aliphatic rings. The smallest absolute Gasteiger partial charge is 0.311 e. The molecule has 1 N–H and O–H groups in total. The van der Waals surface area contributed by atoms with E-state index in [0.29, 0.717) is 6.54 Å². The lowest BCUT2D eigenvalue weighted by Crippen LogP contribution is -2.35. The van der Waals surface area contributed by atoms with Gasteiger partial charge in [0.15, 0.2) is 5.75 Å². The van der Waals surface area contributed by atoms with Crippen molar-refractivity contribution < 1.29 is 14.5 Å². The van der Waals surface area contributed by atoms with Gasteiger partial charge in [0.05, 0.1) is 18.1 Å². The van der Waals surface area contributed by atoms with Crippen molar-refractivity contribution in [2.24, 2.45) is 0 Å². The van der Waals surface area contributed by atoms with Crippen molar-refractivity contribution in [3.05, 3.63) is 69.8 Å². The normalized spacial score (nSPS) is 11.8. The van der Waals surface area contributed by atoms with Crippen LogP contribution in [0.3, 0.4) is 0 Å². The Kier molecular flexibility index (Phi) is 6.08. The molecule has 0 unspecified atom stereocenters. The lowest BCUT2D eigenvalue weighted by Gasteiger charge is -2.23. The zero-order valence-corrected chi connectivity index (χ0v) is 14.4. The van der Waals surface area contributed by atoms with E-state index in [2.05, 4.69) is 5.32 Å². The summed E-state index contributed by atoms with van der Waals surface area (Å²) >= 11 is 0. The number of hydrogen-bond donors (Lipinski definition) is 1. The van der Waals surface area contributed by atoms with Gasteiger partial charge in [-0.15, -0.1) is 0 Å². The zero-order valence-electron chi connectivity index (χ0n) is 14.4. The average Bonchev–Trinajstić information content (AvgIpc) is 2.60. The third kappa shape index (κ3) is 4.77. The zero-order chi connectivity index (χ0) is 18.4. The van der Waals surface area contributed by atoms with E-state index >= 15 is 0 Å². The summed E-state index contributed by atoms with van der Waals surface area (Å²) in [4.78, 5) is 25.1. The summed E-state index contributed by atoms with van der Waals surface area (Å²) < 4.78 is 4.96. The Bertz CT molecular complexity index is 747. The Labute approximate surface area is 146 Å². The number of carbonyl (C=O) groups excluding carboxylic acids is 1. The minimum absolute atomic E-state index is 0.120. The lowest BCUT2D eigenvalue weighted by molar-refractivity contribution is -0.385. The van der Waals surface area contributed by atoms with E-state index in [0.717, 1.165) is 5.56 Å². The second-order valence-electron chi connectivity index (χ2n) is 5.84. The summed E-state index contributed by atoms with van der Waals surface area (Å²) in [5.41, 5.74) is 0.943. The first-order valence-electron chi connectivity index (χ1n) is 7.75. The number of nitrogens with one attached hydrogen (secondary N) is 1. The second kappa shape index (κ2) is 8.25. The molecular formula is C18H21N3O4. The standard InChI is InChI=1S/C18H21N3O4/c1-20(2)12-15(13-7-5-4-6-8-13)19-18(22)14-9-10-17(25-3)16(11-14)21(23)24/h4-11,15H,12H2,1-3H3,(H,19,22)/t15-/m0/s1. The molecule has 0 fully saturated rings. The van der Waals surface area contributed by atoms with Crippen molar-refractivity contribution in [1.82, 2.24) is 10.2 Å². The molecule has 0 spiro atoms. The van der Waals surface area contributed by atoms with Crippen LogP contribution in [0.1, 0.15) is 22.0 Å². The maximum Gasteiger partial charge on any atom is 0.311 e. The molecule has 2 aromatic carbocycles. The SMILES string of the molecule is COc1ccc(C(=O)N[C@@H](CN(C)C)c2ccccc2)cc1[N+](=O)[O-]. The number of rotatable bonds is 7. The summed E-state index contributed by atoms with van der Waals surface area (Å²) in [6.45, 7) is 0.605. The molecule has 7 nitrogen and oxygen atoms in total. The van der Waals surface area contributed by atoms with E-state index in [-0.39, 0.29) is 28.9 Å². The highest BCUT2D eigenvalue weighted by atomic mass is 16.6. The third-order valence-electron chi connectivity index (χ3n) is 3.69. The summed E-state index contributed by atoms with van der Waals surface area (Å²) in [5, 5.41) is 14.1. The first-order chi connectivity index (χ1) is 11.9. The predicted octanol–water partition coefficient (Wildman–Crippen LogP) is 2.64. The number of nitrogens with zero attached hydrogens (tertiary/aromatic N) is 2. The molecular weight excluding hydrogens is 322 g/mol. The van der Waals surface area contributed by atoms with Gasteiger partial charge in [-0.2, -0.15) is 0 Å². The van der Waals surface area contributed by atoms with Crippen molar-refractivity contribution in [3.8, 4) is 5.75 Å². The van der Waals surface area contributed by atoms with Crippen LogP contribution >= 0.6 is 0 Å². The largest absolute Gasteiger partial charge is 0.490 e. The maximum absolute atomic E-state index is 12.6. The number of nitro groups is 1. The van der Waals surface area contributed by atoms with Gasteiger partial charge in [-0.25, -0.2) is 0 Å². The number of benzene rings is 2. The molecule has 132 valence electrons. The Balaban J connectivity index is 2.26. The molecule has 0 saturated heterocycles. The van der Waals surface area contributed by atoms with Crippen LogP contribution < -0.4 is 10.1 Å². The van der Waals surface area contributed by atoms with Gasteiger partial charge in [-0.3, -0.25) is 14.9 Å². The molecule has 1 atom stereocenters. The van der Waals surface area contributed by atoms with Crippen LogP contribution in [0.15, 0.2) is 48.5 Å². The van der Waals surface area contributed by atoms with Gasteiger partial charge >= 0.3 is 5.69 Å². The Morgan fingerprint density at radius 1 is 1.24 bits per heavy atom. The van der Waals surface area contributed by atoms with Crippen molar-refractivity contribution in [1.29, 1.82) is 0 Å². The fourth-order valence-corrected chi connectivity index (χ4v) is 2.50. The fraction of sp³-hybridized carbons (Fsp3) is 0.278. The minimum atomic E-state index is -0.565. The summed E-state index contributed by atoms with van der Waals surface area (Å²) in [6, 6.07) is 13.5. The van der Waals surface area contributed by atoms with E-state index in [1.807, 2.05) is 49.3 Å². The van der Waals surface area contributed by atoms with Gasteiger partial charge in [-0.05, 0) is 31.8 Å². The highest BCUT2D eigenvalue weighted by molar-refractivity contribution is 5.95. The predicted molar refractivity (Wildman–Crippen MR) is 94.9 cm³/mol. The Morgan fingerprint density at radius 3 is 2.48 bits per heavy atom. The van der Waals surface area contributed by atoms with Crippen LogP contribution in [-0.2, 0) is 0 Å². The lowest BCUT2D eigenvalue weighted by atomic mass is 10.1. The van der Waals surface area contributed by atoms with Gasteiger partial charge in [0.1, 0.15) is 0 Å². The van der Waals surface area contributed by atoms with E-state index in [4.69, 9.17) is 4.74 Å². The van der Waals surface area contributed by atoms with Gasteiger partial charge < -0.3 is 15.0 Å². The van der Waals surface area contributed by atoms with Crippen LogP contribution in [0, 0.1) is 10.1 Å². The third-order valence-corrected chi connectivity index (χ3v) is 3.69. The molecule has 0 bridgehead atoms. The van der Waals surface area contributed by atoms with Gasteiger partial charge in [0.25, 0.3) is 5.91 Å². The van der Waals surface area contributed by atoms with Crippen molar-refractivity contribution in [2.45, 2.75) is 6.04 Å². The Morgan fingerprint density at radius 2 is 1.92 bits per heavy atom. The topological polar surface area (TPSA) is 84.7 Å². The van der Waals surface area contributed by atoms with E-state index in [1.165, 1.54) is 25.3 Å². The van der Waals surface area contributed by atoms with Crippen molar-refractivity contribution in [2.75, 3.05) is 27.7 Å². The Hall–Kier alpha value is -2.93. The summed E-state index contributed by atoms with van der Waals surface area (Å²) in [6.07, 6.45) is 0. The number of nitro benzene ring substituents is 1. The molecule has 7 heteroatoms. The average molecular weight is 343 g/mol. The molecule has 2 rings (SSSR count). The molecule has 25 heavy (non-hydrogen) atoms. The number of carbonyl (C=O) groups is 1. The molecule has 0 aromatic heterocycles. The van der Waals surface area contributed by atoms with Crippen LogP contribution in [0.2, 0.25) is 0 Å². The first-order valence-corrected chi connectivity index (χ1v) is 7.75. The summed E-state index contributed by atoms with van der Waals surface area (Å²) in [7, 11) is 5.19. The molecule has 0 aliphatic carbocycles. The van der Waals surface area contributed by atoms with Crippen molar-refractivity contribution >= 4 is 11.6 Å². The van der Waals surface area contributed by atoms with Gasteiger partial charge in [0, 0.05) is 18.2 Å². The van der Waals surface area contributed by atoms with E-state index in [9.17, 15) is 14.9 Å². The van der Waals surface area contributed by atoms with Crippen LogP contribution in [0.4, 0.5) is 5.69 Å². The minimum Gasteiger partial charge on any atom is -0.490 e. The molecule has 0 aliphatic heterocycles. The van der Waals surface area contributed by atoms with Gasteiger partial charge in [-0.1, -0.05) is 30.3 Å². The second-order valence-corrected chi connectivity index (χ2v) is 5.84. The van der Waals surface area contributed by atoms with Crippen LogP contribution in [-0.4, -0.2) is 43.5 Å². The van der Waals surface area contributed by atoms with Crippen molar-refractivity contribution in [3.63, 3.8) is 0 Å². The van der Waals surface area contributed by atoms with E-state index in [1.54, 1.807) is 0 Å². The molecule has 0 radical (unpaired) electrons. The fourth-order valence-electron chi connectivity index (χ4n) is 2.50. The van der Waals surface area contributed by atoms with Crippen LogP contribution in [0.5, 0.6) is 5.75 Å². The number of amides is 1. The first kappa shape index (κ1) is 18.4. The highest BCUT2D eigenvalue weighted by Gasteiger charge is 2.21. The van der Waals surface area contributed by atoms with E-state index < -0.39 is 4.92 Å². The number of hydrogen-bond acceptors (Lipinski definition) is 5. The highest BCUT2D eigenvalue weighted by Crippen LogP contribution is 2.27. The number of likely N-dealkylation sites (N-methyl/N-ethyl adjacent to an activating group) is 1. The van der Waals surface area contributed by atoms with Gasteiger partial charge in [0.2, 0.25) is 0 Å². The number of ether oxygens (including phenoxy) is 1. The maximum atomic E-state index is 12.6. The molecule has 1 amide bonds. The molecule has 0 saturated carbocycles. The number of methoxy groups -OCH3 is 1. The quantitative estimate of drug-likeness (QED) is 0.617. The summed E-state index contributed by atoms with van der Waals surface area (Å²) in [5.74, 6) is -0.254. The molecule has 2 aromatic rings. The molecule has 0 heterocycles. The monoisotopic (exact) mass is 343 g/mol. The van der Waals surface area contributed by atoms with Crippen LogP contribution in [0.25, 0.3) is 0 Å².